The van der Waals surface area contributed by atoms with Crippen LogP contribution in [0.2, 0.25) is 0 Å². The molecule has 0 amide bonds. The molecule has 1 aliphatic carbocycles. The number of hydrogen-bond acceptors (Lipinski definition) is 3. The minimum absolute atomic E-state index is 0.0446. The Balaban J connectivity index is 2.03. The highest BCUT2D eigenvalue weighted by molar-refractivity contribution is 5.78. The zero-order chi connectivity index (χ0) is 10.7. The van der Waals surface area contributed by atoms with Gasteiger partial charge in [0.2, 0.25) is 0 Å². The van der Waals surface area contributed by atoms with Gasteiger partial charge in [-0.1, -0.05) is 6.42 Å². The molecule has 0 radical (unpaired) electrons. The maximum Gasteiger partial charge on any atom is 0.312 e. The molecule has 0 aromatic carbocycles. The summed E-state index contributed by atoms with van der Waals surface area (Å²) in [7, 11) is 0. The second-order valence-corrected chi connectivity index (χ2v) is 4.62. The molecule has 0 aromatic rings. The summed E-state index contributed by atoms with van der Waals surface area (Å²) in [5, 5.41) is 0. The fraction of sp³-hybridized carbons (Fsp3) is 0.917. The van der Waals surface area contributed by atoms with Crippen LogP contribution in [0.5, 0.6) is 0 Å². The minimum Gasteiger partial charge on any atom is -0.466 e. The van der Waals surface area contributed by atoms with E-state index in [0.29, 0.717) is 12.5 Å². The third-order valence-electron chi connectivity index (χ3n) is 3.93. The lowest BCUT2D eigenvalue weighted by atomic mass is 9.59. The van der Waals surface area contributed by atoms with E-state index in [1.54, 1.807) is 0 Å². The van der Waals surface area contributed by atoms with E-state index in [9.17, 15) is 4.79 Å². The largest absolute Gasteiger partial charge is 0.466 e. The Bertz CT molecular complexity index is 227. The van der Waals surface area contributed by atoms with Gasteiger partial charge in [0.15, 0.2) is 0 Å². The van der Waals surface area contributed by atoms with E-state index in [2.05, 4.69) is 0 Å². The van der Waals surface area contributed by atoms with Crippen LogP contribution in [0.4, 0.5) is 0 Å². The Hall–Kier alpha value is -0.570. The van der Waals surface area contributed by atoms with Crippen LogP contribution in [0.3, 0.4) is 0 Å². The molecule has 1 aliphatic heterocycles. The van der Waals surface area contributed by atoms with Gasteiger partial charge < -0.3 is 9.47 Å². The molecule has 3 heteroatoms. The van der Waals surface area contributed by atoms with Crippen molar-refractivity contribution in [1.29, 1.82) is 0 Å². The molecule has 0 spiro atoms. The number of carbonyl (C=O) groups excluding carboxylic acids is 1. The van der Waals surface area contributed by atoms with Gasteiger partial charge in [-0.15, -0.1) is 0 Å². The van der Waals surface area contributed by atoms with E-state index in [1.807, 2.05) is 6.92 Å². The first-order valence-corrected chi connectivity index (χ1v) is 6.04. The molecule has 2 rings (SSSR count). The number of esters is 1. The second kappa shape index (κ2) is 4.52. The molecular weight excluding hydrogens is 192 g/mol. The lowest BCUT2D eigenvalue weighted by Crippen LogP contribution is -2.47. The van der Waals surface area contributed by atoms with E-state index in [4.69, 9.17) is 9.47 Å². The topological polar surface area (TPSA) is 35.5 Å². The quantitative estimate of drug-likeness (QED) is 0.672. The number of hydrogen-bond donors (Lipinski definition) is 0. The van der Waals surface area contributed by atoms with Crippen molar-refractivity contribution in [3.63, 3.8) is 0 Å². The van der Waals surface area contributed by atoms with Crippen LogP contribution in [-0.2, 0) is 14.3 Å². The standard InChI is InChI=1S/C12H20O3/c1-2-15-11(13)12(6-3-7-12)10-4-8-14-9-5-10/h10H,2-9H2,1H3. The maximum absolute atomic E-state index is 12.0. The van der Waals surface area contributed by atoms with Crippen molar-refractivity contribution < 1.29 is 14.3 Å². The fourth-order valence-electron chi connectivity index (χ4n) is 2.86. The number of rotatable bonds is 3. The molecule has 1 heterocycles. The minimum atomic E-state index is -0.139. The molecule has 0 atom stereocenters. The van der Waals surface area contributed by atoms with E-state index >= 15 is 0 Å². The van der Waals surface area contributed by atoms with Crippen LogP contribution < -0.4 is 0 Å². The first-order valence-electron chi connectivity index (χ1n) is 6.04. The van der Waals surface area contributed by atoms with Crippen LogP contribution in [0.15, 0.2) is 0 Å². The Morgan fingerprint density at radius 3 is 2.53 bits per heavy atom. The Labute approximate surface area is 91.1 Å². The maximum atomic E-state index is 12.0. The van der Waals surface area contributed by atoms with Crippen LogP contribution in [0.1, 0.15) is 39.0 Å². The Morgan fingerprint density at radius 1 is 1.40 bits per heavy atom. The molecule has 2 fully saturated rings. The summed E-state index contributed by atoms with van der Waals surface area (Å²) in [5.74, 6) is 0.544. The first-order chi connectivity index (χ1) is 7.29. The highest BCUT2D eigenvalue weighted by Gasteiger charge is 2.51. The van der Waals surface area contributed by atoms with Gasteiger partial charge >= 0.3 is 5.97 Å². The van der Waals surface area contributed by atoms with Crippen molar-refractivity contribution in [2.24, 2.45) is 11.3 Å². The lowest BCUT2D eigenvalue weighted by molar-refractivity contribution is -0.170. The number of carbonyl (C=O) groups is 1. The van der Waals surface area contributed by atoms with Gasteiger partial charge in [-0.2, -0.15) is 0 Å². The van der Waals surface area contributed by atoms with E-state index in [-0.39, 0.29) is 11.4 Å². The van der Waals surface area contributed by atoms with Gasteiger partial charge in [0.05, 0.1) is 12.0 Å². The van der Waals surface area contributed by atoms with Crippen LogP contribution in [0, 0.1) is 11.3 Å². The Morgan fingerprint density at radius 2 is 2.07 bits per heavy atom. The average Bonchev–Trinajstić information content (AvgIpc) is 2.18. The molecule has 0 bridgehead atoms. The smallest absolute Gasteiger partial charge is 0.312 e. The predicted octanol–water partition coefficient (Wildman–Crippen LogP) is 2.15. The van der Waals surface area contributed by atoms with Gasteiger partial charge in [-0.3, -0.25) is 4.79 Å². The summed E-state index contributed by atoms with van der Waals surface area (Å²) >= 11 is 0. The zero-order valence-corrected chi connectivity index (χ0v) is 9.46. The monoisotopic (exact) mass is 212 g/mol. The second-order valence-electron chi connectivity index (χ2n) is 4.62. The van der Waals surface area contributed by atoms with E-state index < -0.39 is 0 Å². The van der Waals surface area contributed by atoms with Gasteiger partial charge in [0.25, 0.3) is 0 Å². The van der Waals surface area contributed by atoms with E-state index in [1.165, 1.54) is 6.42 Å². The SMILES string of the molecule is CCOC(=O)C1(C2CCOCC2)CCC1. The molecule has 0 N–H and O–H groups in total. The average molecular weight is 212 g/mol. The molecule has 2 aliphatic rings. The highest BCUT2D eigenvalue weighted by Crippen LogP contribution is 2.51. The summed E-state index contributed by atoms with van der Waals surface area (Å²) in [4.78, 5) is 12.0. The molecule has 3 nitrogen and oxygen atoms in total. The van der Waals surface area contributed by atoms with Crippen LogP contribution in [-0.4, -0.2) is 25.8 Å². The van der Waals surface area contributed by atoms with Gasteiger partial charge in [0.1, 0.15) is 0 Å². The van der Waals surface area contributed by atoms with Gasteiger partial charge in [-0.25, -0.2) is 0 Å². The summed E-state index contributed by atoms with van der Waals surface area (Å²) in [6, 6.07) is 0. The summed E-state index contributed by atoms with van der Waals surface area (Å²) in [6.45, 7) is 4.01. The number of ether oxygens (including phenoxy) is 2. The van der Waals surface area contributed by atoms with Gasteiger partial charge in [0, 0.05) is 13.2 Å². The van der Waals surface area contributed by atoms with Crippen LogP contribution >= 0.6 is 0 Å². The normalized spacial score (nSPS) is 25.7. The summed E-state index contributed by atoms with van der Waals surface area (Å²) in [6.07, 6.45) is 5.28. The Kier molecular flexibility index (Phi) is 3.29. The molecule has 1 saturated heterocycles. The lowest BCUT2D eigenvalue weighted by Gasteiger charge is -2.46. The molecule has 1 saturated carbocycles. The molecule has 86 valence electrons. The molecule has 0 aromatic heterocycles. The third-order valence-corrected chi connectivity index (χ3v) is 3.93. The third kappa shape index (κ3) is 1.89. The predicted molar refractivity (Wildman–Crippen MR) is 56.5 cm³/mol. The van der Waals surface area contributed by atoms with Crippen molar-refractivity contribution in [2.45, 2.75) is 39.0 Å². The van der Waals surface area contributed by atoms with Crippen molar-refractivity contribution in [2.75, 3.05) is 19.8 Å². The van der Waals surface area contributed by atoms with Crippen molar-refractivity contribution in [3.05, 3.63) is 0 Å². The fourth-order valence-corrected chi connectivity index (χ4v) is 2.86. The summed E-state index contributed by atoms with van der Waals surface area (Å²) < 4.78 is 10.6. The van der Waals surface area contributed by atoms with Crippen molar-refractivity contribution in [1.82, 2.24) is 0 Å². The highest BCUT2D eigenvalue weighted by atomic mass is 16.5. The van der Waals surface area contributed by atoms with E-state index in [0.717, 1.165) is 38.9 Å². The first kappa shape index (κ1) is 10.9. The molecule has 0 unspecified atom stereocenters. The molecular formula is C12H20O3. The zero-order valence-electron chi connectivity index (χ0n) is 9.46. The van der Waals surface area contributed by atoms with Crippen LogP contribution in [0.25, 0.3) is 0 Å². The van der Waals surface area contributed by atoms with Gasteiger partial charge in [-0.05, 0) is 38.5 Å². The molecule has 15 heavy (non-hydrogen) atoms. The van der Waals surface area contributed by atoms with Crippen molar-refractivity contribution >= 4 is 5.97 Å². The van der Waals surface area contributed by atoms with Crippen molar-refractivity contribution in [3.8, 4) is 0 Å². The summed E-state index contributed by atoms with van der Waals surface area (Å²) in [5.41, 5.74) is -0.139.